The third-order valence-corrected chi connectivity index (χ3v) is 5.13. The van der Waals surface area contributed by atoms with E-state index < -0.39 is 0 Å². The van der Waals surface area contributed by atoms with Crippen molar-refractivity contribution < 1.29 is 14.3 Å². The van der Waals surface area contributed by atoms with Crippen LogP contribution in [0.5, 0.6) is 5.75 Å². The molecular formula is C21H22N2O3. The number of esters is 1. The second-order valence-corrected chi connectivity index (χ2v) is 6.78. The number of hydrogen-bond donors (Lipinski definition) is 0. The van der Waals surface area contributed by atoms with Crippen molar-refractivity contribution >= 4 is 11.5 Å². The summed E-state index contributed by atoms with van der Waals surface area (Å²) in [5.74, 6) is 0.447. The Morgan fingerprint density at radius 2 is 2.04 bits per heavy atom. The van der Waals surface area contributed by atoms with E-state index in [0.717, 1.165) is 54.1 Å². The molecule has 1 aromatic carbocycles. The van der Waals surface area contributed by atoms with Crippen molar-refractivity contribution in [1.29, 1.82) is 0 Å². The summed E-state index contributed by atoms with van der Waals surface area (Å²) in [6.07, 6.45) is 3.80. The van der Waals surface area contributed by atoms with Crippen LogP contribution < -0.4 is 4.74 Å². The minimum Gasteiger partial charge on any atom is -0.488 e. The second kappa shape index (κ2) is 6.92. The first-order valence-corrected chi connectivity index (χ1v) is 8.87. The monoisotopic (exact) mass is 350 g/mol. The molecular weight excluding hydrogens is 328 g/mol. The highest BCUT2D eigenvalue weighted by Crippen LogP contribution is 2.40. The highest BCUT2D eigenvalue weighted by molar-refractivity contribution is 5.93. The lowest BCUT2D eigenvalue weighted by Crippen LogP contribution is -2.27. The summed E-state index contributed by atoms with van der Waals surface area (Å²) in [7, 11) is 3.55. The van der Waals surface area contributed by atoms with Crippen molar-refractivity contribution in [3.8, 4) is 5.75 Å². The molecule has 1 fully saturated rings. The van der Waals surface area contributed by atoms with Gasteiger partial charge in [-0.15, -0.1) is 0 Å². The summed E-state index contributed by atoms with van der Waals surface area (Å²) in [5.41, 5.74) is 5.99. The number of nitrogens with zero attached hydrogens (tertiary/aromatic N) is 2. The molecule has 0 atom stereocenters. The largest absolute Gasteiger partial charge is 0.488 e. The fourth-order valence-corrected chi connectivity index (χ4v) is 3.66. The molecule has 4 rings (SSSR count). The van der Waals surface area contributed by atoms with Crippen molar-refractivity contribution in [3.05, 3.63) is 64.5 Å². The van der Waals surface area contributed by atoms with E-state index in [4.69, 9.17) is 9.47 Å². The molecule has 0 amide bonds. The molecule has 1 saturated heterocycles. The number of methoxy groups -OCH3 is 1. The van der Waals surface area contributed by atoms with E-state index in [-0.39, 0.29) is 5.97 Å². The molecule has 5 heteroatoms. The second-order valence-electron chi connectivity index (χ2n) is 6.78. The average Bonchev–Trinajstić information content (AvgIpc) is 2.84. The third-order valence-electron chi connectivity index (χ3n) is 5.13. The normalized spacial score (nSPS) is 17.0. The van der Waals surface area contributed by atoms with Gasteiger partial charge in [0.25, 0.3) is 0 Å². The Balaban J connectivity index is 1.93. The predicted molar refractivity (Wildman–Crippen MR) is 99.1 cm³/mol. The van der Waals surface area contributed by atoms with Gasteiger partial charge in [-0.1, -0.05) is 11.6 Å². The van der Waals surface area contributed by atoms with Gasteiger partial charge in [-0.2, -0.15) is 0 Å². The van der Waals surface area contributed by atoms with E-state index in [1.165, 1.54) is 12.7 Å². The van der Waals surface area contributed by atoms with E-state index in [1.807, 2.05) is 24.4 Å². The van der Waals surface area contributed by atoms with Crippen molar-refractivity contribution in [2.45, 2.75) is 19.4 Å². The van der Waals surface area contributed by atoms with Crippen LogP contribution >= 0.6 is 0 Å². The van der Waals surface area contributed by atoms with Crippen LogP contribution in [0.15, 0.2) is 42.1 Å². The zero-order valence-corrected chi connectivity index (χ0v) is 15.1. The molecule has 0 aliphatic carbocycles. The van der Waals surface area contributed by atoms with Gasteiger partial charge in [0.1, 0.15) is 12.4 Å². The summed E-state index contributed by atoms with van der Waals surface area (Å²) in [4.78, 5) is 19.1. The number of benzene rings is 1. The highest BCUT2D eigenvalue weighted by atomic mass is 16.5. The summed E-state index contributed by atoms with van der Waals surface area (Å²) in [6.45, 7) is 2.52. The maximum atomic E-state index is 12.1. The van der Waals surface area contributed by atoms with Gasteiger partial charge in [0.05, 0.1) is 18.4 Å². The van der Waals surface area contributed by atoms with Gasteiger partial charge >= 0.3 is 5.97 Å². The highest BCUT2D eigenvalue weighted by Gasteiger charge is 2.26. The van der Waals surface area contributed by atoms with Gasteiger partial charge in [0, 0.05) is 36.0 Å². The number of pyridine rings is 1. The SMILES string of the molecule is COC(=O)c1ccc2c(c1)C(=C1CCN(C)CC1)c1ncccc1CO2. The molecule has 2 aliphatic rings. The van der Waals surface area contributed by atoms with Crippen LogP contribution in [-0.4, -0.2) is 43.1 Å². The molecule has 3 heterocycles. The molecule has 2 aliphatic heterocycles. The van der Waals surface area contributed by atoms with Gasteiger partial charge in [0.2, 0.25) is 0 Å². The number of ether oxygens (including phenoxy) is 2. The third kappa shape index (κ3) is 2.99. The molecule has 26 heavy (non-hydrogen) atoms. The number of piperidine rings is 1. The standard InChI is InChI=1S/C21H22N2O3/c1-23-10-7-14(8-11-23)19-17-12-15(21(24)25-2)5-6-18(17)26-13-16-4-3-9-22-20(16)19/h3-6,9,12H,7-8,10-11,13H2,1-2H3. The van der Waals surface area contributed by atoms with E-state index in [0.29, 0.717) is 12.2 Å². The number of hydrogen-bond acceptors (Lipinski definition) is 5. The Labute approximate surface area is 153 Å². The zero-order valence-electron chi connectivity index (χ0n) is 15.1. The first kappa shape index (κ1) is 16.8. The minimum absolute atomic E-state index is 0.342. The number of rotatable bonds is 1. The predicted octanol–water partition coefficient (Wildman–Crippen LogP) is 3.29. The van der Waals surface area contributed by atoms with Crippen LogP contribution in [0.4, 0.5) is 0 Å². The van der Waals surface area contributed by atoms with E-state index in [1.54, 1.807) is 6.07 Å². The molecule has 1 aromatic heterocycles. The van der Waals surface area contributed by atoms with Crippen LogP contribution in [0.2, 0.25) is 0 Å². The van der Waals surface area contributed by atoms with E-state index in [9.17, 15) is 4.79 Å². The van der Waals surface area contributed by atoms with Gasteiger partial charge in [-0.25, -0.2) is 4.79 Å². The van der Waals surface area contributed by atoms with Crippen LogP contribution in [0, 0.1) is 0 Å². The van der Waals surface area contributed by atoms with E-state index in [2.05, 4.69) is 23.0 Å². The van der Waals surface area contributed by atoms with Gasteiger partial charge in [-0.05, 0) is 44.2 Å². The molecule has 0 radical (unpaired) electrons. The number of likely N-dealkylation sites (tertiary alicyclic amines) is 1. The minimum atomic E-state index is -0.342. The first-order chi connectivity index (χ1) is 12.7. The fraction of sp³-hybridized carbons (Fsp3) is 0.333. The molecule has 0 saturated carbocycles. The number of carbonyl (C=O) groups excluding carboxylic acids is 1. The smallest absolute Gasteiger partial charge is 0.337 e. The van der Waals surface area contributed by atoms with Gasteiger partial charge in [-0.3, -0.25) is 4.98 Å². The van der Waals surface area contributed by atoms with Crippen LogP contribution in [0.3, 0.4) is 0 Å². The van der Waals surface area contributed by atoms with Crippen molar-refractivity contribution in [1.82, 2.24) is 9.88 Å². The molecule has 0 N–H and O–H groups in total. The summed E-state index contributed by atoms with van der Waals surface area (Å²) in [5, 5.41) is 0. The molecule has 5 nitrogen and oxygen atoms in total. The Kier molecular flexibility index (Phi) is 4.47. The van der Waals surface area contributed by atoms with Gasteiger partial charge in [0.15, 0.2) is 0 Å². The van der Waals surface area contributed by atoms with Crippen molar-refractivity contribution in [2.24, 2.45) is 0 Å². The Morgan fingerprint density at radius 1 is 1.23 bits per heavy atom. The maximum Gasteiger partial charge on any atom is 0.337 e. The molecule has 134 valence electrons. The number of carbonyl (C=O) groups is 1. The van der Waals surface area contributed by atoms with Crippen LogP contribution in [0.1, 0.15) is 40.0 Å². The Bertz CT molecular complexity index is 879. The molecule has 0 bridgehead atoms. The lowest BCUT2D eigenvalue weighted by atomic mass is 9.88. The molecule has 0 unspecified atom stereocenters. The zero-order chi connectivity index (χ0) is 18.1. The Hall–Kier alpha value is -2.66. The topological polar surface area (TPSA) is 51.7 Å². The average molecular weight is 350 g/mol. The lowest BCUT2D eigenvalue weighted by molar-refractivity contribution is 0.0600. The fourth-order valence-electron chi connectivity index (χ4n) is 3.66. The van der Waals surface area contributed by atoms with Crippen molar-refractivity contribution in [3.63, 3.8) is 0 Å². The van der Waals surface area contributed by atoms with Gasteiger partial charge < -0.3 is 14.4 Å². The lowest BCUT2D eigenvalue weighted by Gasteiger charge is -2.27. The quantitative estimate of drug-likeness (QED) is 0.739. The number of fused-ring (bicyclic) bond motifs is 2. The maximum absolute atomic E-state index is 12.1. The molecule has 2 aromatic rings. The Morgan fingerprint density at radius 3 is 2.81 bits per heavy atom. The summed E-state index contributed by atoms with van der Waals surface area (Å²) < 4.78 is 11.0. The summed E-state index contributed by atoms with van der Waals surface area (Å²) >= 11 is 0. The molecule has 0 spiro atoms. The number of aromatic nitrogens is 1. The summed E-state index contributed by atoms with van der Waals surface area (Å²) in [6, 6.07) is 9.50. The van der Waals surface area contributed by atoms with Crippen LogP contribution in [0.25, 0.3) is 5.57 Å². The van der Waals surface area contributed by atoms with Crippen LogP contribution in [-0.2, 0) is 11.3 Å². The first-order valence-electron chi connectivity index (χ1n) is 8.87. The van der Waals surface area contributed by atoms with Crippen molar-refractivity contribution in [2.75, 3.05) is 27.2 Å². The van der Waals surface area contributed by atoms with E-state index >= 15 is 0 Å².